The first-order valence-electron chi connectivity index (χ1n) is 9.61. The lowest BCUT2D eigenvalue weighted by Gasteiger charge is -2.18. The Morgan fingerprint density at radius 1 is 1.00 bits per heavy atom. The summed E-state index contributed by atoms with van der Waals surface area (Å²) in [6, 6.07) is 12.8. The Morgan fingerprint density at radius 2 is 1.71 bits per heavy atom. The maximum Gasteiger partial charge on any atom is 0.220 e. The Bertz CT molecular complexity index is 799. The Labute approximate surface area is 167 Å². The zero-order chi connectivity index (χ0) is 20.5. The van der Waals surface area contributed by atoms with Gasteiger partial charge in [0.15, 0.2) is 5.78 Å². The van der Waals surface area contributed by atoms with Gasteiger partial charge in [0, 0.05) is 24.0 Å². The highest BCUT2D eigenvalue weighted by molar-refractivity contribution is 5.98. The average molecular weight is 383 g/mol. The lowest BCUT2D eigenvalue weighted by Crippen LogP contribution is -2.27. The second kappa shape index (κ2) is 10.5. The molecule has 0 radical (unpaired) electrons. The quantitative estimate of drug-likeness (QED) is 0.614. The van der Waals surface area contributed by atoms with Crippen molar-refractivity contribution in [1.29, 1.82) is 0 Å². The maximum atomic E-state index is 12.3. The molecule has 0 aliphatic heterocycles. The van der Waals surface area contributed by atoms with Crippen molar-refractivity contribution in [2.45, 2.75) is 45.6 Å². The van der Waals surface area contributed by atoms with E-state index in [4.69, 9.17) is 9.47 Å². The second-order valence-electron chi connectivity index (χ2n) is 6.77. The fourth-order valence-corrected chi connectivity index (χ4v) is 3.09. The molecule has 1 atom stereocenters. The molecule has 0 unspecified atom stereocenters. The van der Waals surface area contributed by atoms with E-state index >= 15 is 0 Å². The first-order valence-corrected chi connectivity index (χ1v) is 9.61. The number of ketones is 1. The lowest BCUT2D eigenvalue weighted by atomic mass is 10.0. The van der Waals surface area contributed by atoms with Crippen molar-refractivity contribution in [3.8, 4) is 11.5 Å². The average Bonchev–Trinajstić information content (AvgIpc) is 2.72. The van der Waals surface area contributed by atoms with Crippen LogP contribution in [0.3, 0.4) is 0 Å². The van der Waals surface area contributed by atoms with Gasteiger partial charge < -0.3 is 14.8 Å². The third kappa shape index (κ3) is 5.84. The molecule has 28 heavy (non-hydrogen) atoms. The molecule has 0 heterocycles. The van der Waals surface area contributed by atoms with E-state index in [2.05, 4.69) is 12.2 Å². The van der Waals surface area contributed by atoms with Gasteiger partial charge in [-0.3, -0.25) is 9.59 Å². The van der Waals surface area contributed by atoms with Crippen LogP contribution in [0, 0.1) is 0 Å². The molecule has 0 saturated heterocycles. The molecule has 0 aromatic heterocycles. The smallest absolute Gasteiger partial charge is 0.220 e. The van der Waals surface area contributed by atoms with E-state index in [0.717, 1.165) is 18.4 Å². The summed E-state index contributed by atoms with van der Waals surface area (Å²) in [6.45, 7) is 4.00. The van der Waals surface area contributed by atoms with Crippen molar-refractivity contribution >= 4 is 11.7 Å². The summed E-state index contributed by atoms with van der Waals surface area (Å²) < 4.78 is 10.6. The number of benzene rings is 2. The van der Waals surface area contributed by atoms with Gasteiger partial charge in [-0.05, 0) is 37.1 Å². The molecule has 0 spiro atoms. The summed E-state index contributed by atoms with van der Waals surface area (Å²) in [7, 11) is 3.18. The summed E-state index contributed by atoms with van der Waals surface area (Å²) in [5, 5.41) is 2.93. The van der Waals surface area contributed by atoms with Crippen LogP contribution in [0.2, 0.25) is 0 Å². The van der Waals surface area contributed by atoms with Crippen LogP contribution in [0.1, 0.15) is 60.6 Å². The fraction of sp³-hybridized carbons (Fsp3) is 0.391. The Balaban J connectivity index is 1.92. The summed E-state index contributed by atoms with van der Waals surface area (Å²) in [4.78, 5) is 24.7. The monoisotopic (exact) mass is 383 g/mol. The van der Waals surface area contributed by atoms with Crippen LogP contribution in [0.4, 0.5) is 0 Å². The highest BCUT2D eigenvalue weighted by atomic mass is 16.5. The summed E-state index contributed by atoms with van der Waals surface area (Å²) in [5.41, 5.74) is 2.70. The predicted octanol–water partition coefficient (Wildman–Crippen LogP) is 4.50. The molecule has 2 aromatic carbocycles. The molecule has 0 bridgehead atoms. The van der Waals surface area contributed by atoms with Crippen molar-refractivity contribution in [2.24, 2.45) is 0 Å². The van der Waals surface area contributed by atoms with Crippen molar-refractivity contribution in [1.82, 2.24) is 5.32 Å². The summed E-state index contributed by atoms with van der Waals surface area (Å²) in [5.74, 6) is 1.17. The van der Waals surface area contributed by atoms with Crippen molar-refractivity contribution in [3.63, 3.8) is 0 Å². The van der Waals surface area contributed by atoms with Crippen LogP contribution < -0.4 is 14.8 Å². The number of ether oxygens (including phenoxy) is 2. The van der Waals surface area contributed by atoms with Crippen LogP contribution >= 0.6 is 0 Å². The Morgan fingerprint density at radius 3 is 2.32 bits per heavy atom. The molecule has 5 nitrogen and oxygen atoms in total. The van der Waals surface area contributed by atoms with E-state index in [1.54, 1.807) is 20.3 Å². The zero-order valence-corrected chi connectivity index (χ0v) is 17.1. The van der Waals surface area contributed by atoms with Gasteiger partial charge in [-0.15, -0.1) is 0 Å². The number of hydrogen-bond donors (Lipinski definition) is 1. The van der Waals surface area contributed by atoms with Gasteiger partial charge in [-0.1, -0.05) is 37.6 Å². The molecule has 1 amide bonds. The van der Waals surface area contributed by atoms with Crippen LogP contribution in [0.15, 0.2) is 42.5 Å². The number of carbonyl (C=O) groups is 2. The van der Waals surface area contributed by atoms with Gasteiger partial charge in [0.05, 0.1) is 20.3 Å². The van der Waals surface area contributed by atoms with E-state index in [1.165, 1.54) is 5.56 Å². The van der Waals surface area contributed by atoms with Crippen LogP contribution in [0.5, 0.6) is 11.5 Å². The van der Waals surface area contributed by atoms with Crippen LogP contribution in [0.25, 0.3) is 0 Å². The number of nitrogens with one attached hydrogen (secondary N) is 1. The Hall–Kier alpha value is -2.82. The van der Waals surface area contributed by atoms with Gasteiger partial charge in [0.25, 0.3) is 0 Å². The van der Waals surface area contributed by atoms with E-state index in [9.17, 15) is 9.59 Å². The van der Waals surface area contributed by atoms with Gasteiger partial charge in [-0.25, -0.2) is 0 Å². The largest absolute Gasteiger partial charge is 0.497 e. The number of hydrogen-bond acceptors (Lipinski definition) is 4. The van der Waals surface area contributed by atoms with E-state index in [1.807, 2.05) is 43.3 Å². The zero-order valence-electron chi connectivity index (χ0n) is 17.1. The highest BCUT2D eigenvalue weighted by Gasteiger charge is 2.16. The van der Waals surface area contributed by atoms with Crippen molar-refractivity contribution < 1.29 is 19.1 Å². The van der Waals surface area contributed by atoms with Crippen molar-refractivity contribution in [3.05, 3.63) is 59.2 Å². The SMILES string of the molecule is CCCc1ccc(C(=O)CCC(=O)N[C@@H](C)c2cc(OC)ccc2OC)cc1. The normalized spacial score (nSPS) is 11.6. The standard InChI is InChI=1S/C23H29NO4/c1-5-6-17-7-9-18(10-8-17)21(25)12-14-23(26)24-16(2)20-15-19(27-3)11-13-22(20)28-4/h7-11,13,15-16H,5-6,12,14H2,1-4H3,(H,24,26)/t16-/m0/s1. The molecule has 150 valence electrons. The fourth-order valence-electron chi connectivity index (χ4n) is 3.09. The second-order valence-corrected chi connectivity index (χ2v) is 6.77. The maximum absolute atomic E-state index is 12.3. The van der Waals surface area contributed by atoms with Gasteiger partial charge in [0.1, 0.15) is 11.5 Å². The summed E-state index contributed by atoms with van der Waals surface area (Å²) >= 11 is 0. The highest BCUT2D eigenvalue weighted by Crippen LogP contribution is 2.29. The number of aryl methyl sites for hydroxylation is 1. The van der Waals surface area contributed by atoms with E-state index in [-0.39, 0.29) is 30.6 Å². The first-order chi connectivity index (χ1) is 13.5. The number of Topliss-reactive ketones (excluding diaryl/α,β-unsaturated/α-hetero) is 1. The molecule has 0 aliphatic carbocycles. The van der Waals surface area contributed by atoms with Gasteiger partial charge >= 0.3 is 0 Å². The van der Waals surface area contributed by atoms with E-state index < -0.39 is 0 Å². The molecule has 0 fully saturated rings. The van der Waals surface area contributed by atoms with Crippen LogP contribution in [-0.2, 0) is 11.2 Å². The number of methoxy groups -OCH3 is 2. The Kier molecular flexibility index (Phi) is 8.05. The topological polar surface area (TPSA) is 64.6 Å². The minimum absolute atomic E-state index is 0.0233. The third-order valence-corrected chi connectivity index (χ3v) is 4.67. The number of amides is 1. The van der Waals surface area contributed by atoms with Crippen LogP contribution in [-0.4, -0.2) is 25.9 Å². The molecule has 0 aliphatic rings. The third-order valence-electron chi connectivity index (χ3n) is 4.67. The molecule has 5 heteroatoms. The number of rotatable bonds is 10. The predicted molar refractivity (Wildman–Crippen MR) is 110 cm³/mol. The minimum Gasteiger partial charge on any atom is -0.497 e. The van der Waals surface area contributed by atoms with Gasteiger partial charge in [0.2, 0.25) is 5.91 Å². The molecule has 2 rings (SSSR count). The molecule has 2 aromatic rings. The van der Waals surface area contributed by atoms with Crippen molar-refractivity contribution in [2.75, 3.05) is 14.2 Å². The molecular formula is C23H29NO4. The molecule has 0 saturated carbocycles. The first kappa shape index (κ1) is 21.5. The van der Waals surface area contributed by atoms with Gasteiger partial charge in [-0.2, -0.15) is 0 Å². The summed E-state index contributed by atoms with van der Waals surface area (Å²) in [6.07, 6.45) is 2.40. The minimum atomic E-state index is -0.263. The van der Waals surface area contributed by atoms with E-state index in [0.29, 0.717) is 17.1 Å². The molecular weight excluding hydrogens is 354 g/mol. The number of carbonyl (C=O) groups excluding carboxylic acids is 2. The molecule has 1 N–H and O–H groups in total. The lowest BCUT2D eigenvalue weighted by molar-refractivity contribution is -0.121.